The number of nitrogens with zero attached hydrogens (tertiary/aromatic N) is 4. The SMILES string of the molecule is CN(CCOc1cccc(Cl)c1)C(=O)C1CCCN(c2ncccn2)C1. The Morgan fingerprint density at radius 1 is 1.35 bits per heavy atom. The average molecular weight is 375 g/mol. The number of aromatic nitrogens is 2. The number of amides is 1. The highest BCUT2D eigenvalue weighted by atomic mass is 35.5. The molecular formula is C19H23ClN4O2. The molecule has 1 fully saturated rings. The summed E-state index contributed by atoms with van der Waals surface area (Å²) in [5, 5.41) is 0.636. The molecule has 1 aromatic carbocycles. The van der Waals surface area contributed by atoms with E-state index < -0.39 is 0 Å². The van der Waals surface area contributed by atoms with Crippen molar-refractivity contribution in [2.75, 3.05) is 38.2 Å². The summed E-state index contributed by atoms with van der Waals surface area (Å²) in [5.74, 6) is 1.50. The summed E-state index contributed by atoms with van der Waals surface area (Å²) in [5.41, 5.74) is 0. The number of halogens is 1. The molecule has 0 spiro atoms. The Bertz CT molecular complexity index is 728. The second-order valence-corrected chi connectivity index (χ2v) is 6.84. The average Bonchev–Trinajstić information content (AvgIpc) is 2.68. The van der Waals surface area contributed by atoms with Gasteiger partial charge in [0.25, 0.3) is 0 Å². The van der Waals surface area contributed by atoms with Gasteiger partial charge in [-0.05, 0) is 37.1 Å². The molecule has 26 heavy (non-hydrogen) atoms. The van der Waals surface area contributed by atoms with Crippen LogP contribution in [0.25, 0.3) is 0 Å². The quantitative estimate of drug-likeness (QED) is 0.778. The fraction of sp³-hybridized carbons (Fsp3) is 0.421. The van der Waals surface area contributed by atoms with Gasteiger partial charge in [0.1, 0.15) is 12.4 Å². The van der Waals surface area contributed by atoms with Gasteiger partial charge in [-0.2, -0.15) is 0 Å². The first-order valence-electron chi connectivity index (χ1n) is 8.79. The molecule has 0 radical (unpaired) electrons. The molecule has 138 valence electrons. The first kappa shape index (κ1) is 18.5. The van der Waals surface area contributed by atoms with Crippen LogP contribution in [-0.2, 0) is 4.79 Å². The van der Waals surface area contributed by atoms with E-state index in [-0.39, 0.29) is 11.8 Å². The van der Waals surface area contributed by atoms with Gasteiger partial charge in [0, 0.05) is 37.6 Å². The lowest BCUT2D eigenvalue weighted by atomic mass is 9.97. The Labute approximate surface area is 158 Å². The largest absolute Gasteiger partial charge is 0.492 e. The minimum Gasteiger partial charge on any atom is -0.492 e. The Morgan fingerprint density at radius 2 is 2.15 bits per heavy atom. The summed E-state index contributed by atoms with van der Waals surface area (Å²) in [6, 6.07) is 9.06. The first-order chi connectivity index (χ1) is 12.6. The lowest BCUT2D eigenvalue weighted by molar-refractivity contribution is -0.134. The first-order valence-corrected chi connectivity index (χ1v) is 9.16. The summed E-state index contributed by atoms with van der Waals surface area (Å²) in [4.78, 5) is 25.2. The van der Waals surface area contributed by atoms with Crippen molar-refractivity contribution in [3.63, 3.8) is 0 Å². The maximum Gasteiger partial charge on any atom is 0.227 e. The molecule has 2 heterocycles. The molecule has 1 saturated heterocycles. The topological polar surface area (TPSA) is 58.6 Å². The number of likely N-dealkylation sites (N-methyl/N-ethyl adjacent to an activating group) is 1. The number of hydrogen-bond donors (Lipinski definition) is 0. The van der Waals surface area contributed by atoms with E-state index in [9.17, 15) is 4.79 Å². The van der Waals surface area contributed by atoms with Crippen LogP contribution in [0, 0.1) is 5.92 Å². The molecule has 1 amide bonds. The van der Waals surface area contributed by atoms with Gasteiger partial charge < -0.3 is 14.5 Å². The standard InChI is InChI=1S/C19H23ClN4O2/c1-23(11-12-26-17-7-2-6-16(20)13-17)18(25)15-5-3-10-24(14-15)19-21-8-4-9-22-19/h2,4,6-9,13,15H,3,5,10-12,14H2,1H3. The summed E-state index contributed by atoms with van der Waals surface area (Å²) in [6.45, 7) is 2.50. The van der Waals surface area contributed by atoms with E-state index in [2.05, 4.69) is 14.9 Å². The molecule has 1 unspecified atom stereocenters. The van der Waals surface area contributed by atoms with Crippen molar-refractivity contribution in [2.24, 2.45) is 5.92 Å². The minimum atomic E-state index is -0.0382. The van der Waals surface area contributed by atoms with Gasteiger partial charge in [-0.1, -0.05) is 17.7 Å². The Kier molecular flexibility index (Phi) is 6.28. The third-order valence-electron chi connectivity index (χ3n) is 4.47. The smallest absolute Gasteiger partial charge is 0.227 e. The van der Waals surface area contributed by atoms with E-state index in [4.69, 9.17) is 16.3 Å². The molecule has 1 atom stereocenters. The van der Waals surface area contributed by atoms with Crippen molar-refractivity contribution >= 4 is 23.5 Å². The zero-order valence-electron chi connectivity index (χ0n) is 14.8. The number of anilines is 1. The zero-order valence-corrected chi connectivity index (χ0v) is 15.6. The second kappa shape index (κ2) is 8.85. The van der Waals surface area contributed by atoms with Gasteiger partial charge in [-0.25, -0.2) is 9.97 Å². The monoisotopic (exact) mass is 374 g/mol. The molecule has 7 heteroatoms. The molecule has 1 aromatic heterocycles. The minimum absolute atomic E-state index is 0.0382. The van der Waals surface area contributed by atoms with Gasteiger partial charge in [-0.15, -0.1) is 0 Å². The number of rotatable bonds is 6. The third-order valence-corrected chi connectivity index (χ3v) is 4.71. The van der Waals surface area contributed by atoms with Crippen LogP contribution in [0.1, 0.15) is 12.8 Å². The van der Waals surface area contributed by atoms with Crippen molar-refractivity contribution in [3.05, 3.63) is 47.7 Å². The van der Waals surface area contributed by atoms with Gasteiger partial charge in [-0.3, -0.25) is 4.79 Å². The van der Waals surface area contributed by atoms with Crippen LogP contribution in [-0.4, -0.2) is 54.1 Å². The molecule has 6 nitrogen and oxygen atoms in total. The van der Waals surface area contributed by atoms with E-state index in [0.717, 1.165) is 19.4 Å². The molecule has 0 N–H and O–H groups in total. The third kappa shape index (κ3) is 4.85. The van der Waals surface area contributed by atoms with Gasteiger partial charge in [0.05, 0.1) is 12.5 Å². The van der Waals surface area contributed by atoms with Crippen LogP contribution < -0.4 is 9.64 Å². The molecule has 2 aromatic rings. The van der Waals surface area contributed by atoms with Crippen LogP contribution in [0.5, 0.6) is 5.75 Å². The summed E-state index contributed by atoms with van der Waals surface area (Å²) < 4.78 is 5.68. The highest BCUT2D eigenvalue weighted by molar-refractivity contribution is 6.30. The van der Waals surface area contributed by atoms with Crippen molar-refractivity contribution in [2.45, 2.75) is 12.8 Å². The highest BCUT2D eigenvalue weighted by Gasteiger charge is 2.28. The summed E-state index contributed by atoms with van der Waals surface area (Å²) >= 11 is 5.94. The number of hydrogen-bond acceptors (Lipinski definition) is 5. The molecule has 3 rings (SSSR count). The van der Waals surface area contributed by atoms with E-state index in [0.29, 0.717) is 36.4 Å². The van der Waals surface area contributed by atoms with E-state index >= 15 is 0 Å². The second-order valence-electron chi connectivity index (χ2n) is 6.40. The van der Waals surface area contributed by atoms with Crippen molar-refractivity contribution in [1.29, 1.82) is 0 Å². The molecule has 1 aliphatic rings. The zero-order chi connectivity index (χ0) is 18.4. The normalized spacial score (nSPS) is 17.0. The number of ether oxygens (including phenoxy) is 1. The number of benzene rings is 1. The van der Waals surface area contributed by atoms with Crippen molar-refractivity contribution in [1.82, 2.24) is 14.9 Å². The predicted molar refractivity (Wildman–Crippen MR) is 102 cm³/mol. The highest BCUT2D eigenvalue weighted by Crippen LogP contribution is 2.21. The Balaban J connectivity index is 1.49. The van der Waals surface area contributed by atoms with Gasteiger partial charge in [0.2, 0.25) is 11.9 Å². The summed E-state index contributed by atoms with van der Waals surface area (Å²) in [6.07, 6.45) is 5.31. The van der Waals surface area contributed by atoms with Crippen LogP contribution >= 0.6 is 11.6 Å². The van der Waals surface area contributed by atoms with Crippen LogP contribution in [0.4, 0.5) is 5.95 Å². The van der Waals surface area contributed by atoms with Gasteiger partial charge in [0.15, 0.2) is 0 Å². The van der Waals surface area contributed by atoms with Crippen LogP contribution in [0.15, 0.2) is 42.7 Å². The number of carbonyl (C=O) groups excluding carboxylic acids is 1. The lowest BCUT2D eigenvalue weighted by Crippen LogP contribution is -2.45. The lowest BCUT2D eigenvalue weighted by Gasteiger charge is -2.33. The molecule has 1 aliphatic heterocycles. The predicted octanol–water partition coefficient (Wildman–Crippen LogP) is 2.88. The van der Waals surface area contributed by atoms with Crippen molar-refractivity contribution in [3.8, 4) is 5.75 Å². The number of carbonyl (C=O) groups is 1. The van der Waals surface area contributed by atoms with E-state index in [1.807, 2.05) is 19.2 Å². The van der Waals surface area contributed by atoms with Gasteiger partial charge >= 0.3 is 0 Å². The maximum absolute atomic E-state index is 12.8. The fourth-order valence-corrected chi connectivity index (χ4v) is 3.27. The van der Waals surface area contributed by atoms with E-state index in [1.165, 1.54) is 0 Å². The molecule has 0 saturated carbocycles. The Hall–Kier alpha value is -2.34. The van der Waals surface area contributed by atoms with Crippen LogP contribution in [0.2, 0.25) is 5.02 Å². The number of piperidine rings is 1. The van der Waals surface area contributed by atoms with Crippen LogP contribution in [0.3, 0.4) is 0 Å². The van der Waals surface area contributed by atoms with E-state index in [1.54, 1.807) is 35.5 Å². The summed E-state index contributed by atoms with van der Waals surface area (Å²) in [7, 11) is 1.82. The maximum atomic E-state index is 12.8. The molecular weight excluding hydrogens is 352 g/mol. The fourth-order valence-electron chi connectivity index (χ4n) is 3.09. The molecule has 0 aliphatic carbocycles. The Morgan fingerprint density at radius 3 is 2.92 bits per heavy atom. The van der Waals surface area contributed by atoms with Crippen molar-refractivity contribution < 1.29 is 9.53 Å². The molecule has 0 bridgehead atoms.